The molecule has 4 rings (SSSR count). The van der Waals surface area contributed by atoms with Gasteiger partial charge in [-0.2, -0.15) is 0 Å². The number of nitrogens with one attached hydrogen (secondary N) is 1. The third-order valence-electron chi connectivity index (χ3n) is 6.25. The zero-order chi connectivity index (χ0) is 24.5. The van der Waals surface area contributed by atoms with Crippen LogP contribution in [0.25, 0.3) is 0 Å². The van der Waals surface area contributed by atoms with Crippen LogP contribution in [0.1, 0.15) is 37.7 Å². The summed E-state index contributed by atoms with van der Waals surface area (Å²) >= 11 is 0. The number of benzene rings is 3. The van der Waals surface area contributed by atoms with Crippen LogP contribution in [-0.2, 0) is 9.59 Å². The van der Waals surface area contributed by atoms with Crippen molar-refractivity contribution < 1.29 is 19.1 Å². The standard InChI is InChI=1S/C29H32N2O4/c1-2-27(22-9-5-3-6-10-22)29(33)31-19-17-23(18-20-31)30-28(32)21-34-24-13-15-26(16-14-24)35-25-11-7-4-8-12-25/h3-16,23,27H,2,17-21H2,1H3,(H,30,32). The Kier molecular flexibility index (Phi) is 8.39. The fraction of sp³-hybridized carbons (Fsp3) is 0.310. The van der Waals surface area contributed by atoms with E-state index in [-0.39, 0.29) is 30.4 Å². The Morgan fingerprint density at radius 3 is 2.06 bits per heavy atom. The summed E-state index contributed by atoms with van der Waals surface area (Å²) in [5, 5.41) is 3.04. The number of carbonyl (C=O) groups is 2. The third-order valence-corrected chi connectivity index (χ3v) is 6.25. The second-order valence-corrected chi connectivity index (χ2v) is 8.71. The molecule has 1 aliphatic heterocycles. The fourth-order valence-electron chi connectivity index (χ4n) is 4.35. The molecule has 1 heterocycles. The molecule has 6 nitrogen and oxygen atoms in total. The Morgan fingerprint density at radius 1 is 0.857 bits per heavy atom. The van der Waals surface area contributed by atoms with E-state index in [4.69, 9.17) is 9.47 Å². The van der Waals surface area contributed by atoms with Gasteiger partial charge in [-0.1, -0.05) is 55.5 Å². The van der Waals surface area contributed by atoms with Crippen LogP contribution < -0.4 is 14.8 Å². The minimum Gasteiger partial charge on any atom is -0.484 e. The Morgan fingerprint density at radius 2 is 1.43 bits per heavy atom. The largest absolute Gasteiger partial charge is 0.484 e. The maximum Gasteiger partial charge on any atom is 0.258 e. The van der Waals surface area contributed by atoms with Gasteiger partial charge in [-0.05, 0) is 61.2 Å². The number of para-hydroxylation sites is 1. The van der Waals surface area contributed by atoms with Gasteiger partial charge in [0.2, 0.25) is 5.91 Å². The fourth-order valence-corrected chi connectivity index (χ4v) is 4.35. The summed E-state index contributed by atoms with van der Waals surface area (Å²) in [4.78, 5) is 27.4. The van der Waals surface area contributed by atoms with Gasteiger partial charge in [0.1, 0.15) is 17.2 Å². The normalized spacial score (nSPS) is 14.7. The van der Waals surface area contributed by atoms with E-state index in [1.807, 2.05) is 84.6 Å². The number of likely N-dealkylation sites (tertiary alicyclic amines) is 1. The molecule has 0 spiro atoms. The van der Waals surface area contributed by atoms with Crippen molar-refractivity contribution in [3.8, 4) is 17.2 Å². The van der Waals surface area contributed by atoms with Gasteiger partial charge in [0.25, 0.3) is 5.91 Å². The second-order valence-electron chi connectivity index (χ2n) is 8.71. The molecular weight excluding hydrogens is 440 g/mol. The lowest BCUT2D eigenvalue weighted by atomic mass is 9.93. The molecule has 1 unspecified atom stereocenters. The van der Waals surface area contributed by atoms with Gasteiger partial charge in [-0.15, -0.1) is 0 Å². The highest BCUT2D eigenvalue weighted by molar-refractivity contribution is 5.84. The molecule has 0 radical (unpaired) electrons. The Bertz CT molecular complexity index is 1080. The lowest BCUT2D eigenvalue weighted by molar-refractivity contribution is -0.134. The van der Waals surface area contributed by atoms with Crippen molar-refractivity contribution in [2.75, 3.05) is 19.7 Å². The maximum atomic E-state index is 13.1. The van der Waals surface area contributed by atoms with E-state index < -0.39 is 0 Å². The highest BCUT2D eigenvalue weighted by atomic mass is 16.5. The van der Waals surface area contributed by atoms with Crippen molar-refractivity contribution in [1.82, 2.24) is 10.2 Å². The summed E-state index contributed by atoms with van der Waals surface area (Å²) in [6.07, 6.45) is 2.26. The molecule has 2 amide bonds. The predicted octanol–water partition coefficient (Wildman–Crippen LogP) is 5.16. The van der Waals surface area contributed by atoms with Crippen LogP contribution in [0.5, 0.6) is 17.2 Å². The molecule has 1 atom stereocenters. The number of ether oxygens (including phenoxy) is 2. The molecule has 0 aromatic heterocycles. The van der Waals surface area contributed by atoms with Gasteiger partial charge in [-0.3, -0.25) is 9.59 Å². The first-order valence-electron chi connectivity index (χ1n) is 12.2. The molecule has 0 aliphatic carbocycles. The molecule has 1 aliphatic rings. The van der Waals surface area contributed by atoms with Gasteiger partial charge in [0.15, 0.2) is 6.61 Å². The monoisotopic (exact) mass is 472 g/mol. The zero-order valence-electron chi connectivity index (χ0n) is 20.1. The molecule has 3 aromatic rings. The Hall–Kier alpha value is -3.80. The number of nitrogens with zero attached hydrogens (tertiary/aromatic N) is 1. The zero-order valence-corrected chi connectivity index (χ0v) is 20.1. The molecule has 1 N–H and O–H groups in total. The minimum absolute atomic E-state index is 0.0496. The molecule has 35 heavy (non-hydrogen) atoms. The smallest absolute Gasteiger partial charge is 0.258 e. The van der Waals surface area contributed by atoms with Crippen LogP contribution in [0.3, 0.4) is 0 Å². The average Bonchev–Trinajstić information content (AvgIpc) is 2.90. The van der Waals surface area contributed by atoms with Crippen molar-refractivity contribution in [2.45, 2.75) is 38.1 Å². The van der Waals surface area contributed by atoms with Crippen molar-refractivity contribution in [2.24, 2.45) is 0 Å². The highest BCUT2D eigenvalue weighted by Crippen LogP contribution is 2.25. The highest BCUT2D eigenvalue weighted by Gasteiger charge is 2.28. The predicted molar refractivity (Wildman–Crippen MR) is 136 cm³/mol. The summed E-state index contributed by atoms with van der Waals surface area (Å²) < 4.78 is 11.4. The minimum atomic E-state index is -0.157. The molecule has 0 bridgehead atoms. The quantitative estimate of drug-likeness (QED) is 0.467. The van der Waals surface area contributed by atoms with Gasteiger partial charge in [0.05, 0.1) is 5.92 Å². The molecule has 6 heteroatoms. The number of piperidine rings is 1. The van der Waals surface area contributed by atoms with Gasteiger partial charge >= 0.3 is 0 Å². The summed E-state index contributed by atoms with van der Waals surface area (Å²) in [5.41, 5.74) is 1.06. The van der Waals surface area contributed by atoms with Crippen LogP contribution in [0.4, 0.5) is 0 Å². The van der Waals surface area contributed by atoms with E-state index in [1.54, 1.807) is 12.1 Å². The van der Waals surface area contributed by atoms with Crippen molar-refractivity contribution >= 4 is 11.8 Å². The topological polar surface area (TPSA) is 67.9 Å². The summed E-state index contributed by atoms with van der Waals surface area (Å²) in [6.45, 7) is 3.30. The van der Waals surface area contributed by atoms with E-state index in [0.29, 0.717) is 24.6 Å². The summed E-state index contributed by atoms with van der Waals surface area (Å²) in [5.74, 6) is 1.97. The number of hydrogen-bond donors (Lipinski definition) is 1. The lowest BCUT2D eigenvalue weighted by Crippen LogP contribution is -2.48. The first-order chi connectivity index (χ1) is 17.1. The van der Waals surface area contributed by atoms with Crippen LogP contribution in [0.2, 0.25) is 0 Å². The second kappa shape index (κ2) is 12.1. The van der Waals surface area contributed by atoms with Crippen LogP contribution >= 0.6 is 0 Å². The van der Waals surface area contributed by atoms with E-state index in [2.05, 4.69) is 5.32 Å². The van der Waals surface area contributed by atoms with Gasteiger partial charge in [-0.25, -0.2) is 0 Å². The van der Waals surface area contributed by atoms with Crippen molar-refractivity contribution in [3.63, 3.8) is 0 Å². The number of hydrogen-bond acceptors (Lipinski definition) is 4. The Balaban J connectivity index is 1.19. The van der Waals surface area contributed by atoms with Crippen LogP contribution in [-0.4, -0.2) is 42.5 Å². The molecular formula is C29H32N2O4. The number of amides is 2. The lowest BCUT2D eigenvalue weighted by Gasteiger charge is -2.34. The molecule has 1 saturated heterocycles. The number of carbonyl (C=O) groups excluding carboxylic acids is 2. The van der Waals surface area contributed by atoms with Crippen molar-refractivity contribution in [1.29, 1.82) is 0 Å². The molecule has 3 aromatic carbocycles. The summed E-state index contributed by atoms with van der Waals surface area (Å²) in [7, 11) is 0. The number of rotatable bonds is 9. The van der Waals surface area contributed by atoms with Crippen LogP contribution in [0, 0.1) is 0 Å². The SMILES string of the molecule is CCC(C(=O)N1CCC(NC(=O)COc2ccc(Oc3ccccc3)cc2)CC1)c1ccccc1. The van der Waals surface area contributed by atoms with Gasteiger partial charge in [0, 0.05) is 19.1 Å². The molecule has 182 valence electrons. The molecule has 0 saturated carbocycles. The Labute approximate surface area is 206 Å². The van der Waals surface area contributed by atoms with E-state index in [1.165, 1.54) is 0 Å². The first-order valence-corrected chi connectivity index (χ1v) is 12.2. The van der Waals surface area contributed by atoms with Crippen molar-refractivity contribution in [3.05, 3.63) is 90.5 Å². The molecule has 1 fully saturated rings. The average molecular weight is 473 g/mol. The third kappa shape index (κ3) is 6.85. The summed E-state index contributed by atoms with van der Waals surface area (Å²) in [6, 6.07) is 26.7. The van der Waals surface area contributed by atoms with Crippen LogP contribution in [0.15, 0.2) is 84.9 Å². The van der Waals surface area contributed by atoms with E-state index in [9.17, 15) is 9.59 Å². The maximum absolute atomic E-state index is 13.1. The van der Waals surface area contributed by atoms with E-state index in [0.717, 1.165) is 30.6 Å². The van der Waals surface area contributed by atoms with Gasteiger partial charge < -0.3 is 19.7 Å². The van der Waals surface area contributed by atoms with E-state index >= 15 is 0 Å². The first kappa shape index (κ1) is 24.3.